The van der Waals surface area contributed by atoms with Crippen molar-refractivity contribution in [3.05, 3.63) is 65.5 Å². The molecule has 1 aliphatic rings. The Kier molecular flexibility index (Phi) is 3.60. The molecule has 1 aromatic carbocycles. The summed E-state index contributed by atoms with van der Waals surface area (Å²) in [6.45, 7) is 0. The van der Waals surface area contributed by atoms with Crippen LogP contribution in [-0.4, -0.2) is 12.0 Å². The van der Waals surface area contributed by atoms with Crippen molar-refractivity contribution in [1.29, 1.82) is 0 Å². The number of nitrogens with one attached hydrogen (secondary N) is 1. The van der Waals surface area contributed by atoms with E-state index in [2.05, 4.69) is 46.7 Å². The Morgan fingerprint density at radius 1 is 1.11 bits per heavy atom. The lowest BCUT2D eigenvalue weighted by atomic mass is 9.79. The Labute approximate surface area is 114 Å². The molecule has 2 heteroatoms. The second-order valence-electron chi connectivity index (χ2n) is 5.30. The maximum absolute atomic E-state index is 4.10. The molecule has 1 aliphatic carbocycles. The number of nitrogens with zero attached hydrogens (tertiary/aromatic N) is 1. The molecule has 3 rings (SSSR count). The Hall–Kier alpha value is -1.67. The zero-order valence-corrected chi connectivity index (χ0v) is 11.3. The minimum atomic E-state index is 0.253. The van der Waals surface area contributed by atoms with Gasteiger partial charge in [0, 0.05) is 12.4 Å². The van der Waals surface area contributed by atoms with Crippen molar-refractivity contribution in [3.63, 3.8) is 0 Å². The number of pyridine rings is 1. The van der Waals surface area contributed by atoms with Crippen molar-refractivity contribution in [3.8, 4) is 0 Å². The third-order valence-corrected chi connectivity index (χ3v) is 4.15. The Bertz CT molecular complexity index is 532. The summed E-state index contributed by atoms with van der Waals surface area (Å²) in [5.41, 5.74) is 4.11. The van der Waals surface area contributed by atoms with Crippen LogP contribution in [0.25, 0.3) is 0 Å². The van der Waals surface area contributed by atoms with E-state index in [1.165, 1.54) is 36.0 Å². The highest BCUT2D eigenvalue weighted by Gasteiger charge is 2.20. The fourth-order valence-electron chi connectivity index (χ4n) is 2.82. The molecular formula is C17H20N2. The number of hydrogen-bond donors (Lipinski definition) is 1. The van der Waals surface area contributed by atoms with Crippen molar-refractivity contribution in [2.45, 2.75) is 31.2 Å². The summed E-state index contributed by atoms with van der Waals surface area (Å²) in [5, 5.41) is 3.41. The predicted octanol–water partition coefficient (Wildman–Crippen LogP) is 3.66. The molecule has 0 radical (unpaired) electrons. The van der Waals surface area contributed by atoms with Crippen LogP contribution in [-0.2, 0) is 0 Å². The maximum atomic E-state index is 4.10. The zero-order chi connectivity index (χ0) is 13.1. The van der Waals surface area contributed by atoms with Gasteiger partial charge in [-0.3, -0.25) is 4.98 Å². The van der Waals surface area contributed by atoms with Crippen LogP contribution in [0.15, 0.2) is 48.8 Å². The summed E-state index contributed by atoms with van der Waals surface area (Å²) < 4.78 is 0. The third-order valence-electron chi connectivity index (χ3n) is 4.15. The first-order chi connectivity index (χ1) is 9.38. The van der Waals surface area contributed by atoms with E-state index in [4.69, 9.17) is 0 Å². The molecule has 19 heavy (non-hydrogen) atoms. The monoisotopic (exact) mass is 252 g/mol. The molecule has 1 unspecified atom stereocenters. The van der Waals surface area contributed by atoms with Crippen LogP contribution in [0, 0.1) is 0 Å². The summed E-state index contributed by atoms with van der Waals surface area (Å²) in [5.74, 6) is 0.787. The average molecular weight is 252 g/mol. The molecule has 0 saturated heterocycles. The summed E-state index contributed by atoms with van der Waals surface area (Å²) in [4.78, 5) is 4.10. The molecule has 1 atom stereocenters. The van der Waals surface area contributed by atoms with Gasteiger partial charge in [-0.1, -0.05) is 30.7 Å². The van der Waals surface area contributed by atoms with E-state index in [1.807, 2.05) is 19.4 Å². The first kappa shape index (κ1) is 12.4. The minimum Gasteiger partial charge on any atom is -0.309 e. The number of aromatic nitrogens is 1. The second kappa shape index (κ2) is 5.54. The van der Waals surface area contributed by atoms with Crippen LogP contribution in [0.5, 0.6) is 0 Å². The van der Waals surface area contributed by atoms with Gasteiger partial charge in [0.25, 0.3) is 0 Å². The van der Waals surface area contributed by atoms with Crippen molar-refractivity contribution in [2.75, 3.05) is 7.05 Å². The van der Waals surface area contributed by atoms with E-state index in [0.29, 0.717) is 0 Å². The lowest BCUT2D eigenvalue weighted by Crippen LogP contribution is -2.18. The highest BCUT2D eigenvalue weighted by Crippen LogP contribution is 2.37. The van der Waals surface area contributed by atoms with Crippen LogP contribution in [0.3, 0.4) is 0 Å². The second-order valence-corrected chi connectivity index (χ2v) is 5.30. The van der Waals surface area contributed by atoms with Crippen LogP contribution < -0.4 is 5.32 Å². The molecule has 98 valence electrons. The Balaban J connectivity index is 1.91. The molecule has 2 aromatic rings. The number of benzene rings is 1. The molecule has 1 heterocycles. The van der Waals surface area contributed by atoms with E-state index in [0.717, 1.165) is 5.92 Å². The number of rotatable bonds is 4. The molecule has 0 bridgehead atoms. The van der Waals surface area contributed by atoms with Gasteiger partial charge in [0.15, 0.2) is 0 Å². The van der Waals surface area contributed by atoms with Gasteiger partial charge in [-0.25, -0.2) is 0 Å². The molecule has 0 aliphatic heterocycles. The van der Waals surface area contributed by atoms with E-state index >= 15 is 0 Å². The molecular weight excluding hydrogens is 232 g/mol. The van der Waals surface area contributed by atoms with Crippen molar-refractivity contribution >= 4 is 0 Å². The summed E-state index contributed by atoms with van der Waals surface area (Å²) in [7, 11) is 2.01. The Morgan fingerprint density at radius 2 is 1.89 bits per heavy atom. The topological polar surface area (TPSA) is 24.9 Å². The normalized spacial score (nSPS) is 16.9. The summed E-state index contributed by atoms with van der Waals surface area (Å²) >= 11 is 0. The van der Waals surface area contributed by atoms with Crippen LogP contribution in [0.4, 0.5) is 0 Å². The van der Waals surface area contributed by atoms with Crippen LogP contribution in [0.2, 0.25) is 0 Å². The SMILES string of the molecule is CNC(c1ccncc1)c1cccc(C2CCC2)c1. The zero-order valence-electron chi connectivity index (χ0n) is 11.3. The molecule has 1 N–H and O–H groups in total. The van der Waals surface area contributed by atoms with Gasteiger partial charge in [-0.2, -0.15) is 0 Å². The molecule has 1 aromatic heterocycles. The first-order valence-electron chi connectivity index (χ1n) is 7.05. The van der Waals surface area contributed by atoms with Crippen molar-refractivity contribution < 1.29 is 0 Å². The molecule has 1 saturated carbocycles. The first-order valence-corrected chi connectivity index (χ1v) is 7.05. The smallest absolute Gasteiger partial charge is 0.0575 e. The third kappa shape index (κ3) is 2.54. The van der Waals surface area contributed by atoms with Gasteiger partial charge in [0.2, 0.25) is 0 Å². The van der Waals surface area contributed by atoms with E-state index in [-0.39, 0.29) is 6.04 Å². The summed E-state index contributed by atoms with van der Waals surface area (Å²) in [6, 6.07) is 13.5. The highest BCUT2D eigenvalue weighted by atomic mass is 14.9. The maximum Gasteiger partial charge on any atom is 0.0575 e. The van der Waals surface area contributed by atoms with Gasteiger partial charge in [0.1, 0.15) is 0 Å². The lowest BCUT2D eigenvalue weighted by Gasteiger charge is -2.27. The van der Waals surface area contributed by atoms with Gasteiger partial charge >= 0.3 is 0 Å². The summed E-state index contributed by atoms with van der Waals surface area (Å²) in [6.07, 6.45) is 7.80. The highest BCUT2D eigenvalue weighted by molar-refractivity contribution is 5.35. The quantitative estimate of drug-likeness (QED) is 0.898. The number of hydrogen-bond acceptors (Lipinski definition) is 2. The average Bonchev–Trinajstić information content (AvgIpc) is 2.39. The van der Waals surface area contributed by atoms with Gasteiger partial charge in [-0.15, -0.1) is 0 Å². The molecule has 0 amide bonds. The van der Waals surface area contributed by atoms with Gasteiger partial charge in [-0.05, 0) is 54.6 Å². The van der Waals surface area contributed by atoms with E-state index in [9.17, 15) is 0 Å². The largest absolute Gasteiger partial charge is 0.309 e. The van der Waals surface area contributed by atoms with Crippen molar-refractivity contribution in [2.24, 2.45) is 0 Å². The minimum absolute atomic E-state index is 0.253. The molecule has 1 fully saturated rings. The van der Waals surface area contributed by atoms with Crippen molar-refractivity contribution in [1.82, 2.24) is 10.3 Å². The fourth-order valence-corrected chi connectivity index (χ4v) is 2.82. The van der Waals surface area contributed by atoms with Gasteiger partial charge < -0.3 is 5.32 Å². The van der Waals surface area contributed by atoms with Crippen LogP contribution >= 0.6 is 0 Å². The van der Waals surface area contributed by atoms with E-state index in [1.54, 1.807) is 0 Å². The standard InChI is InChI=1S/C17H20N2/c1-18-17(14-8-10-19-11-9-14)16-7-3-6-15(12-16)13-4-2-5-13/h3,6-13,17-18H,2,4-5H2,1H3. The predicted molar refractivity (Wildman–Crippen MR) is 78.2 cm³/mol. The van der Waals surface area contributed by atoms with Gasteiger partial charge in [0.05, 0.1) is 6.04 Å². The fraction of sp³-hybridized carbons (Fsp3) is 0.353. The Morgan fingerprint density at radius 3 is 2.53 bits per heavy atom. The van der Waals surface area contributed by atoms with E-state index < -0.39 is 0 Å². The lowest BCUT2D eigenvalue weighted by molar-refractivity contribution is 0.419. The molecule has 0 spiro atoms. The molecule has 2 nitrogen and oxygen atoms in total. The van der Waals surface area contributed by atoms with Crippen LogP contribution in [0.1, 0.15) is 47.9 Å².